The number of aliphatic hydroxyl groups is 1. The van der Waals surface area contributed by atoms with Crippen LogP contribution < -0.4 is 0 Å². The smallest absolute Gasteiger partial charge is 0.330 e. The van der Waals surface area contributed by atoms with Crippen molar-refractivity contribution in [1.29, 1.82) is 0 Å². The molecule has 0 fully saturated rings. The van der Waals surface area contributed by atoms with E-state index in [4.69, 9.17) is 9.84 Å². The maximum absolute atomic E-state index is 10.8. The molecule has 0 unspecified atom stereocenters. The van der Waals surface area contributed by atoms with Crippen LogP contribution in [-0.2, 0) is 9.53 Å². The monoisotopic (exact) mass is 212 g/mol. The van der Waals surface area contributed by atoms with E-state index in [1.165, 1.54) is 6.08 Å². The molecule has 0 amide bonds. The van der Waals surface area contributed by atoms with Crippen molar-refractivity contribution in [2.24, 2.45) is 0 Å². The van der Waals surface area contributed by atoms with E-state index in [1.807, 2.05) is 12.2 Å². The lowest BCUT2D eigenvalue weighted by atomic mass is 10.1. The van der Waals surface area contributed by atoms with Crippen LogP contribution in [0.25, 0.3) is 0 Å². The van der Waals surface area contributed by atoms with Crippen LogP contribution >= 0.6 is 0 Å². The summed E-state index contributed by atoms with van der Waals surface area (Å²) >= 11 is 0. The first-order valence-electron chi connectivity index (χ1n) is 5.34. The van der Waals surface area contributed by atoms with Gasteiger partial charge >= 0.3 is 5.97 Å². The molecule has 1 N–H and O–H groups in total. The molecule has 0 saturated heterocycles. The zero-order valence-corrected chi connectivity index (χ0v) is 9.48. The van der Waals surface area contributed by atoms with Crippen LogP contribution in [0.3, 0.4) is 0 Å². The van der Waals surface area contributed by atoms with Crippen LogP contribution in [0.5, 0.6) is 0 Å². The Morgan fingerprint density at radius 1 is 1.47 bits per heavy atom. The van der Waals surface area contributed by atoms with Gasteiger partial charge in [-0.1, -0.05) is 18.2 Å². The van der Waals surface area contributed by atoms with Crippen molar-refractivity contribution in [3.05, 3.63) is 24.3 Å². The van der Waals surface area contributed by atoms with E-state index in [-0.39, 0.29) is 12.1 Å². The Morgan fingerprint density at radius 2 is 2.20 bits per heavy atom. The van der Waals surface area contributed by atoms with Crippen molar-refractivity contribution < 1.29 is 14.6 Å². The highest BCUT2D eigenvalue weighted by Gasteiger charge is 1.92. The first-order chi connectivity index (χ1) is 7.16. The van der Waals surface area contributed by atoms with Crippen LogP contribution in [-0.4, -0.2) is 23.8 Å². The molecule has 0 aliphatic carbocycles. The maximum Gasteiger partial charge on any atom is 0.330 e. The quantitative estimate of drug-likeness (QED) is 0.304. The molecule has 0 aromatic heterocycles. The highest BCUT2D eigenvalue weighted by molar-refractivity contribution is 5.82. The molecule has 0 heterocycles. The first kappa shape index (κ1) is 13.9. The van der Waals surface area contributed by atoms with E-state index in [0.717, 1.165) is 19.3 Å². The Kier molecular flexibility index (Phi) is 8.78. The number of unbranched alkanes of at least 4 members (excludes halogenated alkanes) is 1. The highest BCUT2D eigenvalue weighted by Crippen LogP contribution is 2.00. The molecular formula is C12H20O3. The molecular weight excluding hydrogens is 192 g/mol. The molecule has 0 radical (unpaired) electrons. The molecule has 3 nitrogen and oxygen atoms in total. The number of hydrogen-bond acceptors (Lipinski definition) is 3. The molecule has 1 atom stereocenters. The first-order valence-corrected chi connectivity index (χ1v) is 5.34. The Balaban J connectivity index is 3.49. The molecule has 0 rings (SSSR count). The largest absolute Gasteiger partial charge is 0.463 e. The third kappa shape index (κ3) is 10.8. The minimum Gasteiger partial charge on any atom is -0.463 e. The van der Waals surface area contributed by atoms with E-state index in [0.29, 0.717) is 6.61 Å². The summed E-state index contributed by atoms with van der Waals surface area (Å²) in [5, 5.41) is 8.99. The normalized spacial score (nSPS) is 13.5. The van der Waals surface area contributed by atoms with Gasteiger partial charge in [0.2, 0.25) is 0 Å². The predicted molar refractivity (Wildman–Crippen MR) is 60.4 cm³/mol. The third-order valence-corrected chi connectivity index (χ3v) is 1.76. The average Bonchev–Trinajstić information content (AvgIpc) is 2.16. The van der Waals surface area contributed by atoms with Gasteiger partial charge < -0.3 is 9.84 Å². The molecule has 0 aliphatic rings. The molecule has 0 aliphatic heterocycles. The van der Waals surface area contributed by atoms with Crippen LogP contribution in [0.15, 0.2) is 24.3 Å². The van der Waals surface area contributed by atoms with Gasteiger partial charge in [0, 0.05) is 6.08 Å². The van der Waals surface area contributed by atoms with Crippen molar-refractivity contribution in [3.8, 4) is 0 Å². The van der Waals surface area contributed by atoms with Crippen molar-refractivity contribution >= 4 is 5.97 Å². The molecule has 15 heavy (non-hydrogen) atoms. The third-order valence-electron chi connectivity index (χ3n) is 1.76. The molecule has 86 valence electrons. The number of carbonyl (C=O) groups excluding carboxylic acids is 1. The summed E-state index contributed by atoms with van der Waals surface area (Å²) in [6.45, 7) is 3.96. The minimum atomic E-state index is -0.314. The topological polar surface area (TPSA) is 46.5 Å². The number of carbonyl (C=O) groups is 1. The zero-order chi connectivity index (χ0) is 11.5. The molecule has 3 heteroatoms. The van der Waals surface area contributed by atoms with Gasteiger partial charge in [0.05, 0.1) is 12.7 Å². The fraction of sp³-hybridized carbons (Fsp3) is 0.583. The van der Waals surface area contributed by atoms with Gasteiger partial charge in [-0.3, -0.25) is 0 Å². The van der Waals surface area contributed by atoms with Gasteiger partial charge in [-0.2, -0.15) is 0 Å². The second-order valence-electron chi connectivity index (χ2n) is 3.32. The number of esters is 1. The van der Waals surface area contributed by atoms with Crippen LogP contribution in [0.4, 0.5) is 0 Å². The SMILES string of the molecule is CCOC(=O)C=CC=CCCC[C@@H](C)O. The molecule has 0 spiro atoms. The second kappa shape index (κ2) is 9.46. The van der Waals surface area contributed by atoms with Crippen molar-refractivity contribution in [2.75, 3.05) is 6.61 Å². The number of aliphatic hydroxyl groups excluding tert-OH is 1. The fourth-order valence-corrected chi connectivity index (χ4v) is 1.03. The van der Waals surface area contributed by atoms with E-state index < -0.39 is 0 Å². The van der Waals surface area contributed by atoms with Gasteiger partial charge in [-0.15, -0.1) is 0 Å². The summed E-state index contributed by atoms with van der Waals surface area (Å²) in [6, 6.07) is 0. The summed E-state index contributed by atoms with van der Waals surface area (Å²) in [4.78, 5) is 10.8. The Labute approximate surface area is 91.4 Å². The number of allylic oxidation sites excluding steroid dienone is 3. The molecule has 0 bridgehead atoms. The average molecular weight is 212 g/mol. The van der Waals surface area contributed by atoms with E-state index >= 15 is 0 Å². The van der Waals surface area contributed by atoms with Crippen molar-refractivity contribution in [3.63, 3.8) is 0 Å². The standard InChI is InChI=1S/C12H20O3/c1-3-15-12(14)10-8-6-4-5-7-9-11(2)13/h4,6,8,10-11,13H,3,5,7,9H2,1-2H3/t11-/m1/s1. The van der Waals surface area contributed by atoms with E-state index in [2.05, 4.69) is 0 Å². The number of ether oxygens (including phenoxy) is 1. The minimum absolute atomic E-state index is 0.228. The molecule has 0 saturated carbocycles. The van der Waals surface area contributed by atoms with Gasteiger partial charge in [0.1, 0.15) is 0 Å². The van der Waals surface area contributed by atoms with Crippen LogP contribution in [0.2, 0.25) is 0 Å². The summed E-state index contributed by atoms with van der Waals surface area (Å²) in [5.74, 6) is -0.314. The Morgan fingerprint density at radius 3 is 2.80 bits per heavy atom. The molecule has 0 aromatic carbocycles. The van der Waals surface area contributed by atoms with Crippen LogP contribution in [0, 0.1) is 0 Å². The summed E-state index contributed by atoms with van der Waals surface area (Å²) < 4.78 is 4.71. The number of rotatable bonds is 7. The summed E-state index contributed by atoms with van der Waals surface area (Å²) in [6.07, 6.45) is 9.31. The number of hydrogen-bond donors (Lipinski definition) is 1. The summed E-state index contributed by atoms with van der Waals surface area (Å²) in [7, 11) is 0. The highest BCUT2D eigenvalue weighted by atomic mass is 16.5. The predicted octanol–water partition coefficient (Wildman–Crippen LogP) is 2.21. The lowest BCUT2D eigenvalue weighted by Gasteiger charge is -1.99. The lowest BCUT2D eigenvalue weighted by Crippen LogP contribution is -1.98. The van der Waals surface area contributed by atoms with E-state index in [1.54, 1.807) is 19.9 Å². The van der Waals surface area contributed by atoms with Gasteiger partial charge in [0.25, 0.3) is 0 Å². The lowest BCUT2D eigenvalue weighted by molar-refractivity contribution is -0.137. The summed E-state index contributed by atoms with van der Waals surface area (Å²) in [5.41, 5.74) is 0. The zero-order valence-electron chi connectivity index (χ0n) is 9.48. The second-order valence-corrected chi connectivity index (χ2v) is 3.32. The van der Waals surface area contributed by atoms with Gasteiger partial charge in [-0.05, 0) is 33.1 Å². The Bertz CT molecular complexity index is 217. The van der Waals surface area contributed by atoms with E-state index in [9.17, 15) is 4.79 Å². The van der Waals surface area contributed by atoms with Crippen molar-refractivity contribution in [2.45, 2.75) is 39.2 Å². The van der Waals surface area contributed by atoms with Gasteiger partial charge in [0.15, 0.2) is 0 Å². The van der Waals surface area contributed by atoms with Gasteiger partial charge in [-0.25, -0.2) is 4.79 Å². The van der Waals surface area contributed by atoms with Crippen molar-refractivity contribution in [1.82, 2.24) is 0 Å². The maximum atomic E-state index is 10.8. The Hall–Kier alpha value is -1.09. The molecule has 0 aromatic rings. The fourth-order valence-electron chi connectivity index (χ4n) is 1.03. The van der Waals surface area contributed by atoms with Crippen LogP contribution in [0.1, 0.15) is 33.1 Å².